The minimum absolute atomic E-state index is 0.0524. The molecule has 3 aromatic rings. The lowest BCUT2D eigenvalue weighted by molar-refractivity contribution is -0.140. The van der Waals surface area contributed by atoms with E-state index in [-0.39, 0.29) is 23.4 Å². The van der Waals surface area contributed by atoms with Gasteiger partial charge in [0, 0.05) is 17.6 Å². The number of aryl methyl sites for hydroxylation is 2. The van der Waals surface area contributed by atoms with Gasteiger partial charge in [-0.05, 0) is 87.7 Å². The zero-order chi connectivity index (χ0) is 30.3. The number of carbonyl (C=O) groups excluding carboxylic acids is 2. The number of hydrogen-bond donors (Lipinski definition) is 1. The second-order valence-corrected chi connectivity index (χ2v) is 12.5. The third-order valence-corrected chi connectivity index (χ3v) is 8.65. The van der Waals surface area contributed by atoms with E-state index in [2.05, 4.69) is 5.32 Å². The lowest BCUT2D eigenvalue weighted by Gasteiger charge is -2.34. The highest BCUT2D eigenvalue weighted by atomic mass is 35.5. The van der Waals surface area contributed by atoms with Gasteiger partial charge >= 0.3 is 0 Å². The Labute approximate surface area is 248 Å². The Morgan fingerprint density at radius 3 is 2.15 bits per heavy atom. The molecule has 0 aliphatic carbocycles. The molecule has 1 N–H and O–H groups in total. The maximum Gasteiger partial charge on any atom is 0.264 e. The van der Waals surface area contributed by atoms with Crippen LogP contribution >= 0.6 is 11.6 Å². The average molecular weight is 600 g/mol. The first kappa shape index (κ1) is 32.0. The summed E-state index contributed by atoms with van der Waals surface area (Å²) >= 11 is 6.18. The molecule has 41 heavy (non-hydrogen) atoms. The summed E-state index contributed by atoms with van der Waals surface area (Å²) in [6, 6.07) is 17.5. The summed E-state index contributed by atoms with van der Waals surface area (Å²) in [6.45, 7) is 8.71. The van der Waals surface area contributed by atoms with Crippen molar-refractivity contribution < 1.29 is 22.7 Å². The molecule has 1 atom stereocenters. The Hall–Kier alpha value is -3.56. The zero-order valence-electron chi connectivity index (χ0n) is 24.3. The van der Waals surface area contributed by atoms with E-state index in [1.807, 2.05) is 39.8 Å². The summed E-state index contributed by atoms with van der Waals surface area (Å²) in [7, 11) is -2.60. The fourth-order valence-electron chi connectivity index (χ4n) is 4.48. The Balaban J connectivity index is 2.09. The molecule has 0 fully saturated rings. The molecule has 0 aromatic heterocycles. The van der Waals surface area contributed by atoms with Crippen molar-refractivity contribution in [2.45, 2.75) is 64.6 Å². The van der Waals surface area contributed by atoms with Gasteiger partial charge in [0.05, 0.1) is 17.7 Å². The van der Waals surface area contributed by atoms with Crippen LogP contribution < -0.4 is 14.4 Å². The molecule has 2 amide bonds. The molecule has 0 aliphatic heterocycles. The Morgan fingerprint density at radius 2 is 1.61 bits per heavy atom. The largest absolute Gasteiger partial charge is 0.497 e. The van der Waals surface area contributed by atoms with Crippen LogP contribution in [0.4, 0.5) is 5.69 Å². The predicted octanol–water partition coefficient (Wildman–Crippen LogP) is 5.49. The van der Waals surface area contributed by atoms with Crippen LogP contribution in [0.1, 0.15) is 43.9 Å². The number of halogens is 1. The molecule has 0 heterocycles. The second kappa shape index (κ2) is 13.9. The summed E-state index contributed by atoms with van der Waals surface area (Å²) in [5.74, 6) is -0.165. The van der Waals surface area contributed by atoms with Crippen LogP contribution in [0.2, 0.25) is 5.02 Å². The van der Waals surface area contributed by atoms with E-state index in [0.29, 0.717) is 28.4 Å². The number of rotatable bonds is 12. The highest BCUT2D eigenvalue weighted by Crippen LogP contribution is 2.30. The monoisotopic (exact) mass is 599 g/mol. The Kier molecular flexibility index (Phi) is 10.8. The van der Waals surface area contributed by atoms with Crippen molar-refractivity contribution in [3.63, 3.8) is 0 Å². The first-order chi connectivity index (χ1) is 19.4. The van der Waals surface area contributed by atoms with Crippen LogP contribution in [0.25, 0.3) is 0 Å². The standard InChI is InChI=1S/C31H38ClN3O5S/c1-7-28(31(37)33-21(2)3)34(19-24-10-13-26(40-6)14-11-24)30(36)20-35(29-17-12-25(32)18-23(29)5)41(38,39)27-15-8-22(4)9-16-27/h8-18,21,28H,7,19-20H2,1-6H3,(H,33,37). The summed E-state index contributed by atoms with van der Waals surface area (Å²) in [4.78, 5) is 28.9. The number of nitrogens with one attached hydrogen (secondary N) is 1. The van der Waals surface area contributed by atoms with E-state index in [1.165, 1.54) is 17.0 Å². The summed E-state index contributed by atoms with van der Waals surface area (Å²) in [5, 5.41) is 3.34. The number of amides is 2. The van der Waals surface area contributed by atoms with Gasteiger partial charge in [0.1, 0.15) is 18.3 Å². The number of sulfonamides is 1. The van der Waals surface area contributed by atoms with Crippen LogP contribution in [0, 0.1) is 13.8 Å². The van der Waals surface area contributed by atoms with Gasteiger partial charge in [-0.15, -0.1) is 0 Å². The van der Waals surface area contributed by atoms with E-state index in [1.54, 1.807) is 56.5 Å². The molecular weight excluding hydrogens is 562 g/mol. The lowest BCUT2D eigenvalue weighted by atomic mass is 10.1. The van der Waals surface area contributed by atoms with Crippen LogP contribution in [0.3, 0.4) is 0 Å². The van der Waals surface area contributed by atoms with Gasteiger partial charge in [0.2, 0.25) is 11.8 Å². The highest BCUT2D eigenvalue weighted by Gasteiger charge is 2.34. The Bertz CT molecular complexity index is 1460. The average Bonchev–Trinajstić information content (AvgIpc) is 2.92. The summed E-state index contributed by atoms with van der Waals surface area (Å²) in [6.07, 6.45) is 0.338. The summed E-state index contributed by atoms with van der Waals surface area (Å²) < 4.78 is 34.4. The van der Waals surface area contributed by atoms with E-state index >= 15 is 0 Å². The molecule has 220 valence electrons. The molecule has 0 spiro atoms. The smallest absolute Gasteiger partial charge is 0.264 e. The molecule has 0 saturated carbocycles. The van der Waals surface area contributed by atoms with Crippen molar-refractivity contribution in [3.05, 3.63) is 88.4 Å². The Morgan fingerprint density at radius 1 is 0.976 bits per heavy atom. The zero-order valence-corrected chi connectivity index (χ0v) is 25.9. The van der Waals surface area contributed by atoms with Gasteiger partial charge < -0.3 is 15.0 Å². The highest BCUT2D eigenvalue weighted by molar-refractivity contribution is 7.92. The normalized spacial score (nSPS) is 12.1. The molecule has 3 aromatic carbocycles. The van der Waals surface area contributed by atoms with Gasteiger partial charge in [-0.3, -0.25) is 13.9 Å². The van der Waals surface area contributed by atoms with Gasteiger partial charge in [-0.2, -0.15) is 0 Å². The number of benzene rings is 3. The predicted molar refractivity (Wildman–Crippen MR) is 163 cm³/mol. The van der Waals surface area contributed by atoms with Crippen LogP contribution in [-0.4, -0.2) is 50.9 Å². The molecule has 0 radical (unpaired) electrons. The maximum atomic E-state index is 14.1. The fraction of sp³-hybridized carbons (Fsp3) is 0.355. The third kappa shape index (κ3) is 8.01. The first-order valence-electron chi connectivity index (χ1n) is 13.5. The van der Waals surface area contributed by atoms with Crippen LogP contribution in [0.5, 0.6) is 5.75 Å². The van der Waals surface area contributed by atoms with Gasteiger partial charge in [-0.1, -0.05) is 48.4 Å². The molecule has 3 rings (SSSR count). The molecule has 0 aliphatic rings. The molecule has 0 saturated heterocycles. The number of nitrogens with zero attached hydrogens (tertiary/aromatic N) is 2. The van der Waals surface area contributed by atoms with Crippen molar-refractivity contribution in [3.8, 4) is 5.75 Å². The van der Waals surface area contributed by atoms with Crippen molar-refractivity contribution in [1.29, 1.82) is 0 Å². The van der Waals surface area contributed by atoms with Crippen LogP contribution in [0.15, 0.2) is 71.6 Å². The van der Waals surface area contributed by atoms with E-state index in [4.69, 9.17) is 16.3 Å². The minimum atomic E-state index is -4.16. The van der Waals surface area contributed by atoms with Gasteiger partial charge in [0.15, 0.2) is 0 Å². The topological polar surface area (TPSA) is 96.0 Å². The molecular formula is C31H38ClN3O5S. The van der Waals surface area contributed by atoms with Crippen molar-refractivity contribution >= 4 is 39.1 Å². The minimum Gasteiger partial charge on any atom is -0.497 e. The molecule has 8 nitrogen and oxygen atoms in total. The number of methoxy groups -OCH3 is 1. The molecule has 10 heteroatoms. The van der Waals surface area contributed by atoms with Crippen molar-refractivity contribution in [2.24, 2.45) is 0 Å². The quantitative estimate of drug-likeness (QED) is 0.297. The number of carbonyl (C=O) groups is 2. The van der Waals surface area contributed by atoms with E-state index < -0.39 is 28.5 Å². The second-order valence-electron chi connectivity index (χ2n) is 10.2. The van der Waals surface area contributed by atoms with Crippen molar-refractivity contribution in [1.82, 2.24) is 10.2 Å². The van der Waals surface area contributed by atoms with Crippen molar-refractivity contribution in [2.75, 3.05) is 18.0 Å². The van der Waals surface area contributed by atoms with Crippen LogP contribution in [-0.2, 0) is 26.2 Å². The molecule has 0 bridgehead atoms. The summed E-state index contributed by atoms with van der Waals surface area (Å²) in [5.41, 5.74) is 2.59. The van der Waals surface area contributed by atoms with E-state index in [0.717, 1.165) is 15.4 Å². The maximum absolute atomic E-state index is 14.1. The fourth-order valence-corrected chi connectivity index (χ4v) is 6.18. The lowest BCUT2D eigenvalue weighted by Crippen LogP contribution is -2.53. The molecule has 1 unspecified atom stereocenters. The van der Waals surface area contributed by atoms with E-state index in [9.17, 15) is 18.0 Å². The number of anilines is 1. The number of hydrogen-bond acceptors (Lipinski definition) is 5. The van der Waals surface area contributed by atoms with Gasteiger partial charge in [-0.25, -0.2) is 8.42 Å². The van der Waals surface area contributed by atoms with Gasteiger partial charge in [0.25, 0.3) is 10.0 Å². The SMILES string of the molecule is CCC(C(=O)NC(C)C)N(Cc1ccc(OC)cc1)C(=O)CN(c1ccc(Cl)cc1C)S(=O)(=O)c1ccc(C)cc1. The first-order valence-corrected chi connectivity index (χ1v) is 15.3. The third-order valence-electron chi connectivity index (χ3n) is 6.64. The number of ether oxygens (including phenoxy) is 1.